The zero-order chi connectivity index (χ0) is 9.42. The Morgan fingerprint density at radius 1 is 1.46 bits per heavy atom. The number of aromatic amines is 1. The molecule has 2 aromatic rings. The molecule has 0 amide bonds. The minimum atomic E-state index is 1.08. The summed E-state index contributed by atoms with van der Waals surface area (Å²) >= 11 is 5.82. The molecule has 0 aliphatic carbocycles. The molecule has 1 nitrogen and oxygen atoms in total. The van der Waals surface area contributed by atoms with Gasteiger partial charge in [-0.2, -0.15) is 0 Å². The first-order chi connectivity index (χ1) is 6.22. The third kappa shape index (κ3) is 1.64. The summed E-state index contributed by atoms with van der Waals surface area (Å²) in [5.74, 6) is 0. The number of fused-ring (bicyclic) bond motifs is 1. The lowest BCUT2D eigenvalue weighted by Crippen LogP contribution is -1.79. The van der Waals surface area contributed by atoms with Gasteiger partial charge in [0.05, 0.1) is 3.70 Å². The van der Waals surface area contributed by atoms with Gasteiger partial charge in [0, 0.05) is 15.4 Å². The molecule has 1 heterocycles. The molecule has 1 aromatic heterocycles. The Hall–Kier alpha value is -0.0300. The van der Waals surface area contributed by atoms with Gasteiger partial charge in [-0.25, -0.2) is 0 Å². The highest BCUT2D eigenvalue weighted by Gasteiger charge is 2.06. The Morgan fingerprint density at radius 3 is 2.92 bits per heavy atom. The van der Waals surface area contributed by atoms with Crippen molar-refractivity contribution < 1.29 is 0 Å². The second-order valence-corrected chi connectivity index (χ2v) is 4.96. The number of hydrogen-bond donors (Lipinski definition) is 1. The van der Waals surface area contributed by atoms with Crippen LogP contribution in [0.5, 0.6) is 0 Å². The van der Waals surface area contributed by atoms with E-state index in [-0.39, 0.29) is 0 Å². The van der Waals surface area contributed by atoms with Gasteiger partial charge in [0.2, 0.25) is 0 Å². The Morgan fingerprint density at radius 2 is 2.23 bits per heavy atom. The average molecular weight is 350 g/mol. The van der Waals surface area contributed by atoms with E-state index >= 15 is 0 Å². The molecule has 0 unspecified atom stereocenters. The highest BCUT2D eigenvalue weighted by atomic mass is 127. The molecule has 0 bridgehead atoms. The maximum Gasteiger partial charge on any atom is 0.0815 e. The third-order valence-corrected chi connectivity index (χ3v) is 3.58. The van der Waals surface area contributed by atoms with Gasteiger partial charge < -0.3 is 4.98 Å². The standard InChI is InChI=1S/C10H9BrIN/c1-2-7-8-4-3-6(11)5-9(8)13-10(7)12/h3-5,13H,2H2,1H3. The quantitative estimate of drug-likeness (QED) is 0.746. The summed E-state index contributed by atoms with van der Waals surface area (Å²) in [6, 6.07) is 6.37. The summed E-state index contributed by atoms with van der Waals surface area (Å²) in [5.41, 5.74) is 2.64. The minimum Gasteiger partial charge on any atom is -0.350 e. The van der Waals surface area contributed by atoms with Crippen LogP contribution >= 0.6 is 38.5 Å². The molecule has 1 N–H and O–H groups in total. The second kappa shape index (κ2) is 3.61. The van der Waals surface area contributed by atoms with Crippen LogP contribution in [0.15, 0.2) is 22.7 Å². The van der Waals surface area contributed by atoms with E-state index < -0.39 is 0 Å². The number of nitrogens with one attached hydrogen (secondary N) is 1. The first kappa shape index (κ1) is 9.52. The lowest BCUT2D eigenvalue weighted by atomic mass is 10.1. The number of aryl methyl sites for hydroxylation is 1. The molecular formula is C10H9BrIN. The lowest BCUT2D eigenvalue weighted by Gasteiger charge is -1.94. The number of halogens is 2. The predicted octanol–water partition coefficient (Wildman–Crippen LogP) is 4.10. The van der Waals surface area contributed by atoms with Crippen LogP contribution in [0.25, 0.3) is 10.9 Å². The first-order valence-electron chi connectivity index (χ1n) is 4.18. The maximum atomic E-state index is 3.47. The fourth-order valence-corrected chi connectivity index (χ4v) is 2.86. The smallest absolute Gasteiger partial charge is 0.0815 e. The van der Waals surface area contributed by atoms with Crippen molar-refractivity contribution in [1.29, 1.82) is 0 Å². The largest absolute Gasteiger partial charge is 0.350 e. The van der Waals surface area contributed by atoms with Gasteiger partial charge in [-0.1, -0.05) is 28.9 Å². The molecule has 68 valence electrons. The molecule has 0 radical (unpaired) electrons. The fourth-order valence-electron chi connectivity index (χ4n) is 1.54. The van der Waals surface area contributed by atoms with Crippen LogP contribution in [0.1, 0.15) is 12.5 Å². The van der Waals surface area contributed by atoms with Gasteiger partial charge in [0.1, 0.15) is 0 Å². The number of hydrogen-bond acceptors (Lipinski definition) is 0. The van der Waals surface area contributed by atoms with Gasteiger partial charge in [-0.15, -0.1) is 0 Å². The highest BCUT2D eigenvalue weighted by molar-refractivity contribution is 14.1. The Kier molecular flexibility index (Phi) is 2.65. The van der Waals surface area contributed by atoms with Crippen LogP contribution in [-0.4, -0.2) is 4.98 Å². The molecule has 0 aliphatic heterocycles. The maximum absolute atomic E-state index is 3.47. The summed E-state index contributed by atoms with van der Waals surface area (Å²) in [6.07, 6.45) is 1.08. The van der Waals surface area contributed by atoms with Crippen molar-refractivity contribution in [3.8, 4) is 0 Å². The molecule has 0 aliphatic rings. The van der Waals surface area contributed by atoms with Crippen molar-refractivity contribution in [3.63, 3.8) is 0 Å². The normalized spacial score (nSPS) is 11.0. The van der Waals surface area contributed by atoms with Crippen molar-refractivity contribution in [2.45, 2.75) is 13.3 Å². The Balaban J connectivity index is 2.79. The van der Waals surface area contributed by atoms with E-state index in [4.69, 9.17) is 0 Å². The minimum absolute atomic E-state index is 1.08. The zero-order valence-electron chi connectivity index (χ0n) is 7.20. The molecule has 0 spiro atoms. The fraction of sp³-hybridized carbons (Fsp3) is 0.200. The molecule has 1 aromatic carbocycles. The zero-order valence-corrected chi connectivity index (χ0v) is 10.9. The van der Waals surface area contributed by atoms with Gasteiger partial charge in [0.15, 0.2) is 0 Å². The van der Waals surface area contributed by atoms with Crippen LogP contribution < -0.4 is 0 Å². The summed E-state index contributed by atoms with van der Waals surface area (Å²) < 4.78 is 2.38. The van der Waals surface area contributed by atoms with E-state index in [1.165, 1.54) is 20.2 Å². The van der Waals surface area contributed by atoms with Gasteiger partial charge in [0.25, 0.3) is 0 Å². The predicted molar refractivity (Wildman–Crippen MR) is 68.1 cm³/mol. The van der Waals surface area contributed by atoms with Gasteiger partial charge >= 0.3 is 0 Å². The number of aromatic nitrogens is 1. The first-order valence-corrected chi connectivity index (χ1v) is 6.05. The van der Waals surface area contributed by atoms with E-state index in [9.17, 15) is 0 Å². The Bertz CT molecular complexity index is 447. The van der Waals surface area contributed by atoms with Crippen LogP contribution in [0.2, 0.25) is 0 Å². The number of H-pyrrole nitrogens is 1. The summed E-state index contributed by atoms with van der Waals surface area (Å²) in [6.45, 7) is 2.19. The van der Waals surface area contributed by atoms with E-state index in [1.54, 1.807) is 0 Å². The molecule has 13 heavy (non-hydrogen) atoms. The van der Waals surface area contributed by atoms with Crippen LogP contribution in [0, 0.1) is 3.70 Å². The lowest BCUT2D eigenvalue weighted by molar-refractivity contribution is 1.13. The van der Waals surface area contributed by atoms with E-state index in [2.05, 4.69) is 68.6 Å². The van der Waals surface area contributed by atoms with Crippen molar-refractivity contribution in [3.05, 3.63) is 31.9 Å². The molecule has 2 rings (SSSR count). The second-order valence-electron chi connectivity index (χ2n) is 2.96. The molecule has 0 saturated carbocycles. The molecule has 0 fully saturated rings. The van der Waals surface area contributed by atoms with Crippen molar-refractivity contribution in [2.24, 2.45) is 0 Å². The van der Waals surface area contributed by atoms with Gasteiger partial charge in [-0.05, 0) is 46.7 Å². The average Bonchev–Trinajstić information content (AvgIpc) is 2.39. The summed E-state index contributed by atoms with van der Waals surface area (Å²) in [4.78, 5) is 3.38. The van der Waals surface area contributed by atoms with Crippen molar-refractivity contribution >= 4 is 49.4 Å². The third-order valence-electron chi connectivity index (χ3n) is 2.17. The van der Waals surface area contributed by atoms with Crippen LogP contribution in [-0.2, 0) is 6.42 Å². The summed E-state index contributed by atoms with van der Waals surface area (Å²) in [5, 5.41) is 1.34. The monoisotopic (exact) mass is 349 g/mol. The van der Waals surface area contributed by atoms with Crippen LogP contribution in [0.3, 0.4) is 0 Å². The molecule has 0 saturated heterocycles. The van der Waals surface area contributed by atoms with Crippen LogP contribution in [0.4, 0.5) is 0 Å². The Labute approximate surface area is 99.2 Å². The molecule has 0 atom stereocenters. The van der Waals surface area contributed by atoms with Crippen molar-refractivity contribution in [1.82, 2.24) is 4.98 Å². The van der Waals surface area contributed by atoms with E-state index in [0.717, 1.165) is 10.9 Å². The number of benzene rings is 1. The number of rotatable bonds is 1. The molecular weight excluding hydrogens is 341 g/mol. The SMILES string of the molecule is CCc1c(I)[nH]c2cc(Br)ccc12. The summed E-state index contributed by atoms with van der Waals surface area (Å²) in [7, 11) is 0. The topological polar surface area (TPSA) is 15.8 Å². The highest BCUT2D eigenvalue weighted by Crippen LogP contribution is 2.26. The van der Waals surface area contributed by atoms with Gasteiger partial charge in [-0.3, -0.25) is 0 Å². The van der Waals surface area contributed by atoms with E-state index in [1.807, 2.05) is 0 Å². The van der Waals surface area contributed by atoms with Crippen molar-refractivity contribution in [2.75, 3.05) is 0 Å². The van der Waals surface area contributed by atoms with E-state index in [0.29, 0.717) is 0 Å². The molecule has 3 heteroatoms.